The lowest BCUT2D eigenvalue weighted by Crippen LogP contribution is -2.40. The van der Waals surface area contributed by atoms with Gasteiger partial charge in [0, 0.05) is 31.3 Å². The molecule has 0 bridgehead atoms. The molecule has 176 valence electrons. The molecule has 0 fully saturated rings. The minimum Gasteiger partial charge on any atom is -0.481 e. The maximum Gasteiger partial charge on any atom is 0.407 e. The van der Waals surface area contributed by atoms with E-state index < -0.39 is 12.1 Å². The SMILES string of the molecule is CC[C@H](CC(=O)NCC(C)CCC(=O)O)NC(=O)OCC1c2ccccc2-c2ccccc21. The van der Waals surface area contributed by atoms with E-state index in [-0.39, 0.29) is 43.2 Å². The fraction of sp³-hybridized carbons (Fsp3) is 0.423. The number of fused-ring (bicyclic) bond motifs is 3. The van der Waals surface area contributed by atoms with Gasteiger partial charge < -0.3 is 20.5 Å². The maximum atomic E-state index is 12.5. The number of nitrogens with one attached hydrogen (secondary N) is 2. The molecule has 7 heteroatoms. The van der Waals surface area contributed by atoms with Crippen molar-refractivity contribution in [3.63, 3.8) is 0 Å². The third-order valence-corrected chi connectivity index (χ3v) is 6.09. The fourth-order valence-electron chi connectivity index (χ4n) is 4.16. The van der Waals surface area contributed by atoms with E-state index >= 15 is 0 Å². The first-order valence-electron chi connectivity index (χ1n) is 11.5. The van der Waals surface area contributed by atoms with Crippen LogP contribution in [-0.4, -0.2) is 42.3 Å². The Morgan fingerprint density at radius 1 is 1.03 bits per heavy atom. The van der Waals surface area contributed by atoms with E-state index in [1.54, 1.807) is 0 Å². The maximum absolute atomic E-state index is 12.5. The highest BCUT2D eigenvalue weighted by Gasteiger charge is 2.29. The predicted octanol–water partition coefficient (Wildman–Crippen LogP) is 4.31. The van der Waals surface area contributed by atoms with Crippen LogP contribution in [0.1, 0.15) is 56.6 Å². The molecule has 0 saturated carbocycles. The molecule has 0 aliphatic heterocycles. The molecule has 33 heavy (non-hydrogen) atoms. The monoisotopic (exact) mass is 452 g/mol. The van der Waals surface area contributed by atoms with Gasteiger partial charge in [0.1, 0.15) is 6.61 Å². The Balaban J connectivity index is 1.48. The van der Waals surface area contributed by atoms with Gasteiger partial charge in [0.2, 0.25) is 5.91 Å². The van der Waals surface area contributed by atoms with E-state index in [1.165, 1.54) is 11.1 Å². The van der Waals surface area contributed by atoms with E-state index in [0.29, 0.717) is 19.4 Å². The predicted molar refractivity (Wildman–Crippen MR) is 126 cm³/mol. The van der Waals surface area contributed by atoms with Crippen molar-refractivity contribution in [3.8, 4) is 11.1 Å². The molecule has 2 amide bonds. The Kier molecular flexibility index (Phi) is 8.46. The quantitative estimate of drug-likeness (QED) is 0.471. The molecule has 0 saturated heterocycles. The van der Waals surface area contributed by atoms with E-state index in [1.807, 2.05) is 38.1 Å². The van der Waals surface area contributed by atoms with E-state index in [4.69, 9.17) is 9.84 Å². The van der Waals surface area contributed by atoms with Gasteiger partial charge in [0.25, 0.3) is 0 Å². The van der Waals surface area contributed by atoms with Crippen molar-refractivity contribution in [1.29, 1.82) is 0 Å². The summed E-state index contributed by atoms with van der Waals surface area (Å²) in [5, 5.41) is 14.4. The van der Waals surface area contributed by atoms with Crippen LogP contribution >= 0.6 is 0 Å². The molecule has 1 aliphatic rings. The number of carbonyl (C=O) groups is 3. The second-order valence-electron chi connectivity index (χ2n) is 8.62. The van der Waals surface area contributed by atoms with Crippen LogP contribution in [0.25, 0.3) is 11.1 Å². The van der Waals surface area contributed by atoms with Crippen molar-refractivity contribution in [1.82, 2.24) is 10.6 Å². The van der Waals surface area contributed by atoms with Gasteiger partial charge >= 0.3 is 12.1 Å². The van der Waals surface area contributed by atoms with Crippen molar-refractivity contribution < 1.29 is 24.2 Å². The molecular formula is C26H32N2O5. The van der Waals surface area contributed by atoms with Crippen molar-refractivity contribution in [2.24, 2.45) is 5.92 Å². The Bertz CT molecular complexity index is 945. The summed E-state index contributed by atoms with van der Waals surface area (Å²) in [7, 11) is 0. The lowest BCUT2D eigenvalue weighted by Gasteiger charge is -2.19. The number of rotatable bonds is 11. The first-order valence-corrected chi connectivity index (χ1v) is 11.5. The average molecular weight is 453 g/mol. The molecule has 2 aromatic carbocycles. The van der Waals surface area contributed by atoms with E-state index in [9.17, 15) is 14.4 Å². The van der Waals surface area contributed by atoms with E-state index in [2.05, 4.69) is 34.9 Å². The molecule has 0 heterocycles. The summed E-state index contributed by atoms with van der Waals surface area (Å²) in [5.41, 5.74) is 4.63. The summed E-state index contributed by atoms with van der Waals surface area (Å²) < 4.78 is 5.57. The highest BCUT2D eigenvalue weighted by molar-refractivity contribution is 5.79. The van der Waals surface area contributed by atoms with Gasteiger partial charge in [-0.1, -0.05) is 62.4 Å². The number of ether oxygens (including phenoxy) is 1. The number of carboxylic acid groups (broad SMARTS) is 1. The van der Waals surface area contributed by atoms with Crippen molar-refractivity contribution in [3.05, 3.63) is 59.7 Å². The van der Waals surface area contributed by atoms with Gasteiger partial charge in [-0.05, 0) is 41.0 Å². The summed E-state index contributed by atoms with van der Waals surface area (Å²) in [5.74, 6) is -0.964. The summed E-state index contributed by atoms with van der Waals surface area (Å²) >= 11 is 0. The van der Waals surface area contributed by atoms with Crippen molar-refractivity contribution in [2.45, 2.75) is 51.5 Å². The Hall–Kier alpha value is -3.35. The minimum atomic E-state index is -0.841. The third kappa shape index (κ3) is 6.57. The van der Waals surface area contributed by atoms with Crippen LogP contribution in [-0.2, 0) is 14.3 Å². The lowest BCUT2D eigenvalue weighted by atomic mass is 9.98. The van der Waals surface area contributed by atoms with Gasteiger partial charge in [-0.2, -0.15) is 0 Å². The topological polar surface area (TPSA) is 105 Å². The highest BCUT2D eigenvalue weighted by Crippen LogP contribution is 2.44. The smallest absolute Gasteiger partial charge is 0.407 e. The summed E-state index contributed by atoms with van der Waals surface area (Å²) in [6, 6.07) is 16.0. The number of aliphatic carboxylic acids is 1. The van der Waals surface area contributed by atoms with Gasteiger partial charge in [-0.25, -0.2) is 4.79 Å². The van der Waals surface area contributed by atoms with Crippen LogP contribution in [0.4, 0.5) is 4.79 Å². The number of alkyl carbamates (subject to hydrolysis) is 1. The first-order chi connectivity index (χ1) is 15.9. The third-order valence-electron chi connectivity index (χ3n) is 6.09. The second-order valence-corrected chi connectivity index (χ2v) is 8.62. The number of carbonyl (C=O) groups excluding carboxylic acids is 2. The van der Waals surface area contributed by atoms with Gasteiger partial charge in [0.05, 0.1) is 0 Å². The number of hydrogen-bond donors (Lipinski definition) is 3. The second kappa shape index (κ2) is 11.5. The number of carboxylic acids is 1. The number of hydrogen-bond acceptors (Lipinski definition) is 4. The van der Waals surface area contributed by atoms with Crippen molar-refractivity contribution >= 4 is 18.0 Å². The molecule has 2 atom stereocenters. The zero-order valence-electron chi connectivity index (χ0n) is 19.2. The van der Waals surface area contributed by atoms with Crippen LogP contribution in [0.5, 0.6) is 0 Å². The molecular weight excluding hydrogens is 420 g/mol. The Labute approximate surface area is 194 Å². The molecule has 1 aliphatic carbocycles. The molecule has 2 aromatic rings. The van der Waals surface area contributed by atoms with Crippen LogP contribution < -0.4 is 10.6 Å². The summed E-state index contributed by atoms with van der Waals surface area (Å²) in [6.45, 7) is 4.43. The van der Waals surface area contributed by atoms with Gasteiger partial charge in [-0.15, -0.1) is 0 Å². The van der Waals surface area contributed by atoms with E-state index in [0.717, 1.165) is 11.1 Å². The molecule has 7 nitrogen and oxygen atoms in total. The highest BCUT2D eigenvalue weighted by atomic mass is 16.5. The molecule has 3 rings (SSSR count). The average Bonchev–Trinajstić information content (AvgIpc) is 3.13. The summed E-state index contributed by atoms with van der Waals surface area (Å²) in [6.07, 6.45) is 0.785. The minimum absolute atomic E-state index is 0.0150. The fourth-order valence-corrected chi connectivity index (χ4v) is 4.16. The van der Waals surface area contributed by atoms with Crippen molar-refractivity contribution in [2.75, 3.05) is 13.2 Å². The zero-order chi connectivity index (χ0) is 23.8. The molecule has 3 N–H and O–H groups in total. The largest absolute Gasteiger partial charge is 0.481 e. The first kappa shape index (κ1) is 24.3. The van der Waals surface area contributed by atoms with Gasteiger partial charge in [0.15, 0.2) is 0 Å². The molecule has 1 unspecified atom stereocenters. The van der Waals surface area contributed by atoms with Crippen LogP contribution in [0.2, 0.25) is 0 Å². The van der Waals surface area contributed by atoms with Gasteiger partial charge in [-0.3, -0.25) is 9.59 Å². The molecule has 0 spiro atoms. The van der Waals surface area contributed by atoms with Crippen LogP contribution in [0, 0.1) is 5.92 Å². The molecule has 0 aromatic heterocycles. The van der Waals surface area contributed by atoms with Crippen LogP contribution in [0.3, 0.4) is 0 Å². The molecule has 0 radical (unpaired) electrons. The Morgan fingerprint density at radius 3 is 2.21 bits per heavy atom. The standard InChI is InChI=1S/C26H32N2O5/c1-3-18(14-24(29)27-15-17(2)12-13-25(30)31)28-26(32)33-16-23-21-10-6-4-8-19(21)20-9-5-7-11-22(20)23/h4-11,17-18,23H,3,12-16H2,1-2H3,(H,27,29)(H,28,32)(H,30,31)/t17?,18-/m1/s1. The summed E-state index contributed by atoms with van der Waals surface area (Å²) in [4.78, 5) is 35.4. The number of benzene rings is 2. The Morgan fingerprint density at radius 2 is 1.64 bits per heavy atom. The van der Waals surface area contributed by atoms with Crippen LogP contribution in [0.15, 0.2) is 48.5 Å². The lowest BCUT2D eigenvalue weighted by molar-refractivity contribution is -0.137. The zero-order valence-corrected chi connectivity index (χ0v) is 19.2. The number of amides is 2. The normalized spacial score (nSPS) is 14.0.